The Hall–Kier alpha value is -1.15. The van der Waals surface area contributed by atoms with Crippen LogP contribution in [0.5, 0.6) is 0 Å². The van der Waals surface area contributed by atoms with Gasteiger partial charge in [0.05, 0.1) is 4.90 Å². The van der Waals surface area contributed by atoms with Crippen molar-refractivity contribution in [1.29, 1.82) is 0 Å². The first-order valence-corrected chi connectivity index (χ1v) is 10.5. The fraction of sp³-hybridized carbons (Fsp3) is 0.611. The smallest absolute Gasteiger partial charge is 0.243 e. The van der Waals surface area contributed by atoms with Gasteiger partial charge >= 0.3 is 0 Å². The first-order chi connectivity index (χ1) is 12.0. The van der Waals surface area contributed by atoms with E-state index in [1.165, 1.54) is 4.31 Å². The number of carbonyl (C=O) groups is 1. The summed E-state index contributed by atoms with van der Waals surface area (Å²) >= 11 is 0. The summed E-state index contributed by atoms with van der Waals surface area (Å²) in [6.07, 6.45) is 3.30. The molecule has 0 aliphatic carbocycles. The van der Waals surface area contributed by atoms with Gasteiger partial charge in [0.2, 0.25) is 15.9 Å². The zero-order valence-electron chi connectivity index (χ0n) is 15.1. The van der Waals surface area contributed by atoms with Gasteiger partial charge in [-0.05, 0) is 57.3 Å². The molecular weight excluding hydrogens is 374 g/mol. The highest BCUT2D eigenvalue weighted by molar-refractivity contribution is 7.89. The van der Waals surface area contributed by atoms with E-state index in [1.54, 1.807) is 30.3 Å². The lowest BCUT2D eigenvalue weighted by atomic mass is 9.96. The molecule has 6 nitrogen and oxygen atoms in total. The summed E-state index contributed by atoms with van der Waals surface area (Å²) in [4.78, 5) is 15.1. The summed E-state index contributed by atoms with van der Waals surface area (Å²) < 4.78 is 27.2. The lowest BCUT2D eigenvalue weighted by molar-refractivity contribution is -0.136. The van der Waals surface area contributed by atoms with Gasteiger partial charge in [0.25, 0.3) is 0 Å². The Kier molecular flexibility index (Phi) is 7.46. The molecule has 146 valence electrons. The monoisotopic (exact) mass is 401 g/mol. The maximum atomic E-state index is 13.0. The number of benzene rings is 1. The molecule has 3 rings (SSSR count). The van der Waals surface area contributed by atoms with Crippen molar-refractivity contribution in [2.45, 2.75) is 36.6 Å². The first-order valence-electron chi connectivity index (χ1n) is 9.04. The van der Waals surface area contributed by atoms with Gasteiger partial charge in [-0.1, -0.05) is 18.2 Å². The number of likely N-dealkylation sites (tertiary alicyclic amines) is 1. The van der Waals surface area contributed by atoms with Gasteiger partial charge in [0.15, 0.2) is 0 Å². The highest BCUT2D eigenvalue weighted by Gasteiger charge is 2.41. The van der Waals surface area contributed by atoms with Crippen LogP contribution in [-0.2, 0) is 14.8 Å². The molecule has 0 radical (unpaired) electrons. The van der Waals surface area contributed by atoms with E-state index in [2.05, 4.69) is 5.32 Å². The van der Waals surface area contributed by atoms with E-state index >= 15 is 0 Å². The average molecular weight is 402 g/mol. The molecule has 2 saturated heterocycles. The normalized spacial score (nSPS) is 22.2. The molecule has 8 heteroatoms. The number of halogens is 1. The van der Waals surface area contributed by atoms with Crippen molar-refractivity contribution in [3.8, 4) is 0 Å². The van der Waals surface area contributed by atoms with Crippen LogP contribution in [0.15, 0.2) is 35.2 Å². The van der Waals surface area contributed by atoms with Crippen molar-refractivity contribution in [2.75, 3.05) is 33.2 Å². The molecule has 1 aromatic rings. The fourth-order valence-corrected chi connectivity index (χ4v) is 5.53. The number of rotatable bonds is 5. The summed E-state index contributed by atoms with van der Waals surface area (Å²) in [6, 6.07) is 7.86. The Morgan fingerprint density at radius 2 is 1.77 bits per heavy atom. The molecule has 26 heavy (non-hydrogen) atoms. The van der Waals surface area contributed by atoms with Crippen LogP contribution < -0.4 is 5.32 Å². The Balaban J connectivity index is 0.00000243. The highest BCUT2D eigenvalue weighted by atomic mass is 35.5. The zero-order valence-corrected chi connectivity index (χ0v) is 16.8. The Morgan fingerprint density at radius 1 is 1.12 bits per heavy atom. The second kappa shape index (κ2) is 9.17. The van der Waals surface area contributed by atoms with Crippen LogP contribution in [0.25, 0.3) is 0 Å². The third-order valence-electron chi connectivity index (χ3n) is 5.26. The molecule has 2 aliphatic rings. The molecule has 2 heterocycles. The number of piperidine rings is 1. The molecule has 1 atom stereocenters. The van der Waals surface area contributed by atoms with E-state index in [4.69, 9.17) is 0 Å². The SMILES string of the molecule is CNCC1CCN(C(=O)C2CCCN2S(=O)(=O)c2ccccc2)CC1.Cl. The largest absolute Gasteiger partial charge is 0.341 e. The van der Waals surface area contributed by atoms with Gasteiger partial charge in [-0.2, -0.15) is 4.31 Å². The molecule has 1 N–H and O–H groups in total. The highest BCUT2D eigenvalue weighted by Crippen LogP contribution is 2.28. The van der Waals surface area contributed by atoms with Crippen molar-refractivity contribution in [3.63, 3.8) is 0 Å². The maximum absolute atomic E-state index is 13.0. The average Bonchev–Trinajstić information content (AvgIpc) is 3.13. The van der Waals surface area contributed by atoms with Crippen LogP contribution in [0.3, 0.4) is 0 Å². The molecule has 2 fully saturated rings. The quantitative estimate of drug-likeness (QED) is 0.815. The second-order valence-electron chi connectivity index (χ2n) is 6.91. The van der Waals surface area contributed by atoms with E-state index in [-0.39, 0.29) is 23.2 Å². The molecule has 0 saturated carbocycles. The van der Waals surface area contributed by atoms with Gasteiger partial charge in [-0.15, -0.1) is 12.4 Å². The topological polar surface area (TPSA) is 69.7 Å². The minimum atomic E-state index is -3.62. The number of hydrogen-bond acceptors (Lipinski definition) is 4. The second-order valence-corrected chi connectivity index (χ2v) is 8.80. The third-order valence-corrected chi connectivity index (χ3v) is 7.18. The number of nitrogens with zero attached hydrogens (tertiary/aromatic N) is 2. The molecule has 0 bridgehead atoms. The number of amides is 1. The molecule has 1 aromatic carbocycles. The van der Waals surface area contributed by atoms with Crippen molar-refractivity contribution < 1.29 is 13.2 Å². The summed E-state index contributed by atoms with van der Waals surface area (Å²) in [5.41, 5.74) is 0. The molecule has 1 amide bonds. The van der Waals surface area contributed by atoms with Crippen LogP contribution >= 0.6 is 12.4 Å². The van der Waals surface area contributed by atoms with Gasteiger partial charge in [0.1, 0.15) is 6.04 Å². The zero-order chi connectivity index (χ0) is 17.9. The van der Waals surface area contributed by atoms with E-state index in [0.29, 0.717) is 18.9 Å². The van der Waals surface area contributed by atoms with Gasteiger partial charge < -0.3 is 10.2 Å². The summed E-state index contributed by atoms with van der Waals surface area (Å²) in [7, 11) is -1.67. The molecular formula is C18H28ClN3O3S. The fourth-order valence-electron chi connectivity index (χ4n) is 3.86. The Labute approximate surface area is 162 Å². The van der Waals surface area contributed by atoms with E-state index in [1.807, 2.05) is 11.9 Å². The third kappa shape index (κ3) is 4.39. The van der Waals surface area contributed by atoms with E-state index < -0.39 is 16.1 Å². The lowest BCUT2D eigenvalue weighted by Crippen LogP contribution is -2.50. The van der Waals surface area contributed by atoms with E-state index in [9.17, 15) is 13.2 Å². The number of sulfonamides is 1. The molecule has 0 aromatic heterocycles. The van der Waals surface area contributed by atoms with Gasteiger partial charge in [0, 0.05) is 19.6 Å². The molecule has 0 spiro atoms. The van der Waals surface area contributed by atoms with Crippen molar-refractivity contribution in [2.24, 2.45) is 5.92 Å². The van der Waals surface area contributed by atoms with E-state index in [0.717, 1.165) is 38.9 Å². The van der Waals surface area contributed by atoms with Crippen molar-refractivity contribution in [3.05, 3.63) is 30.3 Å². The van der Waals surface area contributed by atoms with Crippen LogP contribution in [0.1, 0.15) is 25.7 Å². The minimum Gasteiger partial charge on any atom is -0.341 e. The van der Waals surface area contributed by atoms with Crippen LogP contribution in [0.4, 0.5) is 0 Å². The Bertz CT molecular complexity index is 691. The molecule has 1 unspecified atom stereocenters. The number of hydrogen-bond donors (Lipinski definition) is 1. The first kappa shape index (κ1) is 21.2. The predicted octanol–water partition coefficient (Wildman–Crippen LogP) is 1.72. The van der Waals surface area contributed by atoms with Crippen LogP contribution in [0, 0.1) is 5.92 Å². The standard InChI is InChI=1S/C18H27N3O3S.ClH/c1-19-14-15-9-12-20(13-10-15)18(22)17-8-5-11-21(17)25(23,24)16-6-3-2-4-7-16;/h2-4,6-7,15,17,19H,5,8-14H2,1H3;1H. The van der Waals surface area contributed by atoms with Gasteiger partial charge in [-0.3, -0.25) is 4.79 Å². The minimum absolute atomic E-state index is 0. The van der Waals surface area contributed by atoms with Crippen molar-refractivity contribution in [1.82, 2.24) is 14.5 Å². The summed E-state index contributed by atoms with van der Waals surface area (Å²) in [5.74, 6) is 0.571. The number of nitrogens with one attached hydrogen (secondary N) is 1. The summed E-state index contributed by atoms with van der Waals surface area (Å²) in [6.45, 7) is 2.84. The van der Waals surface area contributed by atoms with Crippen LogP contribution in [0.2, 0.25) is 0 Å². The van der Waals surface area contributed by atoms with Crippen LogP contribution in [-0.4, -0.2) is 62.8 Å². The van der Waals surface area contributed by atoms with Gasteiger partial charge in [-0.25, -0.2) is 8.42 Å². The van der Waals surface area contributed by atoms with Crippen molar-refractivity contribution >= 4 is 28.3 Å². The molecule has 2 aliphatic heterocycles. The maximum Gasteiger partial charge on any atom is 0.243 e. The summed E-state index contributed by atoms with van der Waals surface area (Å²) in [5, 5.41) is 3.19. The lowest BCUT2D eigenvalue weighted by Gasteiger charge is -2.35. The predicted molar refractivity (Wildman–Crippen MR) is 104 cm³/mol. The number of carbonyl (C=O) groups excluding carboxylic acids is 1. The Morgan fingerprint density at radius 3 is 2.38 bits per heavy atom.